The molecule has 0 aromatic carbocycles. The van der Waals surface area contributed by atoms with E-state index in [2.05, 4.69) is 11.8 Å². The number of carbonyl (C=O) groups is 1. The Morgan fingerprint density at radius 2 is 2.38 bits per heavy atom. The van der Waals surface area contributed by atoms with Gasteiger partial charge in [0.15, 0.2) is 0 Å². The number of carbonyl (C=O) groups excluding carboxylic acids is 1. The van der Waals surface area contributed by atoms with Crippen LogP contribution in [0, 0.1) is 0 Å². The van der Waals surface area contributed by atoms with E-state index in [1.54, 1.807) is 11.3 Å². The lowest BCUT2D eigenvalue weighted by molar-refractivity contribution is -0.145. The summed E-state index contributed by atoms with van der Waals surface area (Å²) in [6, 6.07) is 0. The molecule has 1 saturated heterocycles. The minimum absolute atomic E-state index is 0.0529. The number of hydrogen-bond acceptors (Lipinski definition) is 6. The SMILES string of the molecule is CCOC(=O)C1CCc2sc(C3CN(CC)CCO3)nc21. The topological polar surface area (TPSA) is 51.7 Å². The minimum atomic E-state index is -0.171. The summed E-state index contributed by atoms with van der Waals surface area (Å²) < 4.78 is 11.0. The lowest BCUT2D eigenvalue weighted by Crippen LogP contribution is -2.38. The van der Waals surface area contributed by atoms with Gasteiger partial charge in [0, 0.05) is 18.0 Å². The highest BCUT2D eigenvalue weighted by molar-refractivity contribution is 7.11. The molecule has 2 atom stereocenters. The van der Waals surface area contributed by atoms with E-state index in [1.807, 2.05) is 6.92 Å². The van der Waals surface area contributed by atoms with E-state index in [1.165, 1.54) is 4.88 Å². The number of nitrogens with zero attached hydrogens (tertiary/aromatic N) is 2. The lowest BCUT2D eigenvalue weighted by Gasteiger charge is -2.30. The van der Waals surface area contributed by atoms with Crippen LogP contribution in [0.3, 0.4) is 0 Å². The molecule has 0 amide bonds. The van der Waals surface area contributed by atoms with E-state index >= 15 is 0 Å². The van der Waals surface area contributed by atoms with Gasteiger partial charge in [-0.1, -0.05) is 6.92 Å². The second-order valence-corrected chi connectivity index (χ2v) is 6.57. The Balaban J connectivity index is 1.75. The van der Waals surface area contributed by atoms with E-state index < -0.39 is 0 Å². The average molecular weight is 310 g/mol. The molecular weight excluding hydrogens is 288 g/mol. The van der Waals surface area contributed by atoms with Gasteiger partial charge in [-0.2, -0.15) is 0 Å². The quantitative estimate of drug-likeness (QED) is 0.798. The molecule has 116 valence electrons. The lowest BCUT2D eigenvalue weighted by atomic mass is 10.1. The van der Waals surface area contributed by atoms with Crippen LogP contribution in [0.25, 0.3) is 0 Å². The van der Waals surface area contributed by atoms with Gasteiger partial charge >= 0.3 is 5.97 Å². The molecule has 1 aliphatic heterocycles. The van der Waals surface area contributed by atoms with E-state index in [-0.39, 0.29) is 18.0 Å². The molecule has 0 N–H and O–H groups in total. The molecule has 21 heavy (non-hydrogen) atoms. The maximum absolute atomic E-state index is 12.0. The summed E-state index contributed by atoms with van der Waals surface area (Å²) in [4.78, 5) is 20.3. The van der Waals surface area contributed by atoms with Crippen molar-refractivity contribution >= 4 is 17.3 Å². The second kappa shape index (κ2) is 6.42. The number of aryl methyl sites for hydroxylation is 1. The highest BCUT2D eigenvalue weighted by Crippen LogP contribution is 2.39. The van der Waals surface area contributed by atoms with Gasteiger partial charge in [-0.05, 0) is 26.3 Å². The monoisotopic (exact) mass is 310 g/mol. The number of morpholine rings is 1. The predicted octanol–water partition coefficient (Wildman–Crippen LogP) is 2.13. The van der Waals surface area contributed by atoms with Gasteiger partial charge in [-0.15, -0.1) is 11.3 Å². The van der Waals surface area contributed by atoms with Crippen LogP contribution in [-0.4, -0.2) is 48.7 Å². The number of hydrogen-bond donors (Lipinski definition) is 0. The maximum atomic E-state index is 12.0. The molecule has 1 aromatic rings. The first-order valence-corrected chi connectivity index (χ1v) is 8.54. The third kappa shape index (κ3) is 2.98. The summed E-state index contributed by atoms with van der Waals surface area (Å²) >= 11 is 1.71. The van der Waals surface area contributed by atoms with Crippen molar-refractivity contribution < 1.29 is 14.3 Å². The molecular formula is C15H22N2O3S. The number of esters is 1. The van der Waals surface area contributed by atoms with Gasteiger partial charge in [-0.3, -0.25) is 9.69 Å². The van der Waals surface area contributed by atoms with Crippen molar-refractivity contribution in [3.8, 4) is 0 Å². The van der Waals surface area contributed by atoms with Gasteiger partial charge in [0.05, 0.1) is 18.9 Å². The first-order chi connectivity index (χ1) is 10.2. The van der Waals surface area contributed by atoms with E-state index in [0.717, 1.165) is 49.8 Å². The number of likely N-dealkylation sites (N-methyl/N-ethyl adjacent to an activating group) is 1. The first-order valence-electron chi connectivity index (χ1n) is 7.73. The summed E-state index contributed by atoms with van der Waals surface area (Å²) in [5.41, 5.74) is 0.936. The Labute approximate surface area is 129 Å². The molecule has 1 aliphatic carbocycles. The summed E-state index contributed by atoms with van der Waals surface area (Å²) in [6.07, 6.45) is 1.82. The summed E-state index contributed by atoms with van der Waals surface area (Å²) in [7, 11) is 0. The highest BCUT2D eigenvalue weighted by atomic mass is 32.1. The van der Waals surface area contributed by atoms with Crippen molar-refractivity contribution in [3.63, 3.8) is 0 Å². The molecule has 2 heterocycles. The molecule has 0 saturated carbocycles. The number of fused-ring (bicyclic) bond motifs is 1. The maximum Gasteiger partial charge on any atom is 0.315 e. The Kier molecular flexibility index (Phi) is 4.57. The third-order valence-corrected chi connectivity index (χ3v) is 5.40. The Morgan fingerprint density at radius 3 is 3.14 bits per heavy atom. The second-order valence-electron chi connectivity index (χ2n) is 5.46. The van der Waals surface area contributed by atoms with Gasteiger partial charge in [0.25, 0.3) is 0 Å². The van der Waals surface area contributed by atoms with Crippen LogP contribution in [0.1, 0.15) is 47.9 Å². The van der Waals surface area contributed by atoms with E-state index in [9.17, 15) is 4.79 Å². The van der Waals surface area contributed by atoms with Gasteiger partial charge in [-0.25, -0.2) is 4.98 Å². The Morgan fingerprint density at radius 1 is 1.52 bits per heavy atom. The zero-order valence-electron chi connectivity index (χ0n) is 12.6. The summed E-state index contributed by atoms with van der Waals surface area (Å²) in [5.74, 6) is -0.302. The summed E-state index contributed by atoms with van der Waals surface area (Å²) in [6.45, 7) is 8.12. The number of aromatic nitrogens is 1. The number of ether oxygens (including phenoxy) is 2. The van der Waals surface area contributed by atoms with Crippen LogP contribution in [-0.2, 0) is 20.7 Å². The smallest absolute Gasteiger partial charge is 0.315 e. The largest absolute Gasteiger partial charge is 0.465 e. The molecule has 0 spiro atoms. The van der Waals surface area contributed by atoms with Gasteiger partial charge in [0.1, 0.15) is 17.0 Å². The molecule has 3 rings (SSSR count). The normalized spacial score (nSPS) is 25.8. The van der Waals surface area contributed by atoms with Gasteiger partial charge < -0.3 is 9.47 Å². The van der Waals surface area contributed by atoms with Crippen LogP contribution in [0.15, 0.2) is 0 Å². The molecule has 5 nitrogen and oxygen atoms in total. The highest BCUT2D eigenvalue weighted by Gasteiger charge is 2.35. The third-order valence-electron chi connectivity index (χ3n) is 4.18. The molecule has 0 bridgehead atoms. The Bertz CT molecular complexity index is 517. The number of rotatable bonds is 4. The zero-order chi connectivity index (χ0) is 14.8. The minimum Gasteiger partial charge on any atom is -0.465 e. The average Bonchev–Trinajstić information content (AvgIpc) is 3.07. The fourth-order valence-electron chi connectivity index (χ4n) is 3.00. The molecule has 2 unspecified atom stereocenters. The van der Waals surface area contributed by atoms with E-state index in [0.29, 0.717) is 6.61 Å². The number of thiazole rings is 1. The standard InChI is InChI=1S/C15H22N2O3S/c1-3-17-7-8-20-11(9-17)14-16-13-10(15(18)19-4-2)5-6-12(13)21-14/h10-11H,3-9H2,1-2H3. The fraction of sp³-hybridized carbons (Fsp3) is 0.733. The van der Waals surface area contributed by atoms with Crippen molar-refractivity contribution in [2.24, 2.45) is 0 Å². The molecule has 1 aromatic heterocycles. The Hall–Kier alpha value is -0.980. The van der Waals surface area contributed by atoms with Crippen LogP contribution < -0.4 is 0 Å². The van der Waals surface area contributed by atoms with Crippen molar-refractivity contribution in [1.29, 1.82) is 0 Å². The molecule has 1 fully saturated rings. The first kappa shape index (κ1) is 14.9. The predicted molar refractivity (Wildman–Crippen MR) is 80.6 cm³/mol. The fourth-order valence-corrected chi connectivity index (χ4v) is 4.18. The van der Waals surface area contributed by atoms with Gasteiger partial charge in [0.2, 0.25) is 0 Å². The molecule has 2 aliphatic rings. The van der Waals surface area contributed by atoms with Crippen molar-refractivity contribution in [2.75, 3.05) is 32.8 Å². The van der Waals surface area contributed by atoms with Crippen molar-refractivity contribution in [2.45, 2.75) is 38.7 Å². The molecule has 6 heteroatoms. The van der Waals surface area contributed by atoms with E-state index in [4.69, 9.17) is 14.5 Å². The van der Waals surface area contributed by atoms with Crippen molar-refractivity contribution in [1.82, 2.24) is 9.88 Å². The summed E-state index contributed by atoms with van der Waals surface area (Å²) in [5, 5.41) is 1.02. The van der Waals surface area contributed by atoms with Crippen molar-refractivity contribution in [3.05, 3.63) is 15.6 Å². The van der Waals surface area contributed by atoms with Crippen LogP contribution >= 0.6 is 11.3 Å². The van der Waals surface area contributed by atoms with Crippen LogP contribution in [0.5, 0.6) is 0 Å². The zero-order valence-corrected chi connectivity index (χ0v) is 13.4. The van der Waals surface area contributed by atoms with Crippen LogP contribution in [0.4, 0.5) is 0 Å². The molecule has 0 radical (unpaired) electrons. The van der Waals surface area contributed by atoms with Crippen LogP contribution in [0.2, 0.25) is 0 Å².